The minimum Gasteiger partial charge on any atom is -0.455 e. The van der Waals surface area contributed by atoms with Gasteiger partial charge in [0.1, 0.15) is 11.9 Å². The normalized spacial score (nSPS) is 18.4. The Morgan fingerprint density at radius 1 is 1.14 bits per heavy atom. The monoisotopic (exact) mass is 396 g/mol. The van der Waals surface area contributed by atoms with Gasteiger partial charge in [0.05, 0.1) is 23.1 Å². The van der Waals surface area contributed by atoms with Crippen LogP contribution in [-0.2, 0) is 4.74 Å². The summed E-state index contributed by atoms with van der Waals surface area (Å²) in [5, 5.41) is 0. The molecule has 1 atom stereocenters. The van der Waals surface area contributed by atoms with E-state index in [1.165, 1.54) is 0 Å². The number of ether oxygens (including phenoxy) is 1. The highest BCUT2D eigenvalue weighted by atomic mass is 16.6. The molecule has 2 aliphatic rings. The van der Waals surface area contributed by atoms with Gasteiger partial charge in [0.2, 0.25) is 0 Å². The number of esters is 1. The number of fused-ring (bicyclic) bond motifs is 3. The zero-order chi connectivity index (χ0) is 20.9. The second-order valence-corrected chi connectivity index (χ2v) is 8.87. The van der Waals surface area contributed by atoms with Gasteiger partial charge >= 0.3 is 12.0 Å². The van der Waals surface area contributed by atoms with Crippen molar-refractivity contribution in [2.24, 2.45) is 0 Å². The van der Waals surface area contributed by atoms with Gasteiger partial charge in [0.25, 0.3) is 0 Å². The first-order valence-corrected chi connectivity index (χ1v) is 10.2. The molecule has 3 heterocycles. The van der Waals surface area contributed by atoms with Crippen molar-refractivity contribution in [1.82, 2.24) is 14.5 Å². The van der Waals surface area contributed by atoms with E-state index in [0.717, 1.165) is 42.9 Å². The minimum absolute atomic E-state index is 0.0237. The summed E-state index contributed by atoms with van der Waals surface area (Å²) < 4.78 is 7.48. The molecule has 2 amide bonds. The molecule has 1 aromatic carbocycles. The molecule has 0 aliphatic carbocycles. The Balaban J connectivity index is 1.83. The van der Waals surface area contributed by atoms with E-state index in [2.05, 4.69) is 4.98 Å². The molecular formula is C22H28N4O3. The molecular weight excluding hydrogens is 368 g/mol. The number of anilines is 1. The highest BCUT2D eigenvalue weighted by Crippen LogP contribution is 2.41. The average molecular weight is 396 g/mol. The Labute approximate surface area is 171 Å². The number of rotatable bonds is 1. The summed E-state index contributed by atoms with van der Waals surface area (Å²) in [6.07, 6.45) is 3.70. The molecule has 7 nitrogen and oxygen atoms in total. The third-order valence-corrected chi connectivity index (χ3v) is 5.41. The lowest BCUT2D eigenvalue weighted by atomic mass is 10.0. The third-order valence-electron chi connectivity index (χ3n) is 5.41. The Bertz CT molecular complexity index is 967. The molecule has 0 N–H and O–H groups in total. The predicted octanol–water partition coefficient (Wildman–Crippen LogP) is 4.23. The largest absolute Gasteiger partial charge is 0.455 e. The summed E-state index contributed by atoms with van der Waals surface area (Å²) in [7, 11) is 0. The fourth-order valence-electron chi connectivity index (χ4n) is 4.12. The number of carbonyl (C=O) groups excluding carboxylic acids is 2. The molecule has 0 bridgehead atoms. The lowest BCUT2D eigenvalue weighted by Gasteiger charge is -2.38. The fraction of sp³-hybridized carbons (Fsp3) is 0.500. The summed E-state index contributed by atoms with van der Waals surface area (Å²) in [6.45, 7) is 11.0. The van der Waals surface area contributed by atoms with E-state index in [1.54, 1.807) is 11.2 Å². The molecule has 4 rings (SSSR count). The molecule has 1 fully saturated rings. The van der Waals surface area contributed by atoms with Crippen molar-refractivity contribution in [3.63, 3.8) is 0 Å². The number of aryl methyl sites for hydroxylation is 1. The maximum atomic E-state index is 13.4. The van der Waals surface area contributed by atoms with Crippen LogP contribution in [-0.4, -0.2) is 45.1 Å². The van der Waals surface area contributed by atoms with Crippen LogP contribution in [0.2, 0.25) is 0 Å². The SMILES string of the molecule is Cc1ccc2c(c1)N(C(=O)N1CCCC1)[C@@H](C)c1c(C(=O)OC(C)(C)C)ncn1-2. The van der Waals surface area contributed by atoms with Crippen LogP contribution in [0.4, 0.5) is 10.5 Å². The van der Waals surface area contributed by atoms with Gasteiger partial charge in [-0.25, -0.2) is 14.6 Å². The van der Waals surface area contributed by atoms with Crippen LogP contribution in [0.15, 0.2) is 24.5 Å². The van der Waals surface area contributed by atoms with E-state index in [0.29, 0.717) is 5.69 Å². The summed E-state index contributed by atoms with van der Waals surface area (Å²) in [4.78, 5) is 34.3. The molecule has 7 heteroatoms. The van der Waals surface area contributed by atoms with E-state index in [9.17, 15) is 9.59 Å². The quantitative estimate of drug-likeness (QED) is 0.677. The van der Waals surface area contributed by atoms with Crippen LogP contribution in [0.25, 0.3) is 5.69 Å². The molecule has 0 spiro atoms. The van der Waals surface area contributed by atoms with Gasteiger partial charge in [0, 0.05) is 13.1 Å². The van der Waals surface area contributed by atoms with Crippen LogP contribution in [0.3, 0.4) is 0 Å². The second-order valence-electron chi connectivity index (χ2n) is 8.87. The summed E-state index contributed by atoms with van der Waals surface area (Å²) in [6, 6.07) is 5.64. The number of imidazole rings is 1. The Kier molecular flexibility index (Phi) is 4.63. The van der Waals surface area contributed by atoms with Gasteiger partial charge in [0.15, 0.2) is 5.69 Å². The number of likely N-dealkylation sites (tertiary alicyclic amines) is 1. The number of urea groups is 1. The number of hydrogen-bond acceptors (Lipinski definition) is 4. The highest BCUT2D eigenvalue weighted by Gasteiger charge is 2.39. The number of amides is 2. The Morgan fingerprint density at radius 2 is 1.83 bits per heavy atom. The predicted molar refractivity (Wildman–Crippen MR) is 111 cm³/mol. The molecule has 0 radical (unpaired) electrons. The number of hydrogen-bond donors (Lipinski definition) is 0. The van der Waals surface area contributed by atoms with Crippen molar-refractivity contribution in [2.75, 3.05) is 18.0 Å². The van der Waals surface area contributed by atoms with Crippen molar-refractivity contribution in [3.8, 4) is 5.69 Å². The first-order chi connectivity index (χ1) is 13.7. The first kappa shape index (κ1) is 19.5. The lowest BCUT2D eigenvalue weighted by molar-refractivity contribution is 0.00613. The van der Waals surface area contributed by atoms with Crippen molar-refractivity contribution in [1.29, 1.82) is 0 Å². The Morgan fingerprint density at radius 3 is 2.48 bits per heavy atom. The van der Waals surface area contributed by atoms with Gasteiger partial charge in [-0.2, -0.15) is 0 Å². The number of aromatic nitrogens is 2. The number of nitrogens with zero attached hydrogens (tertiary/aromatic N) is 4. The van der Waals surface area contributed by atoms with Crippen molar-refractivity contribution < 1.29 is 14.3 Å². The first-order valence-electron chi connectivity index (χ1n) is 10.2. The fourth-order valence-corrected chi connectivity index (χ4v) is 4.12. The topological polar surface area (TPSA) is 67.7 Å². The third kappa shape index (κ3) is 3.39. The van der Waals surface area contributed by atoms with Crippen molar-refractivity contribution >= 4 is 17.7 Å². The molecule has 29 heavy (non-hydrogen) atoms. The second kappa shape index (κ2) is 6.90. The van der Waals surface area contributed by atoms with E-state index >= 15 is 0 Å². The van der Waals surface area contributed by atoms with Crippen LogP contribution in [0, 0.1) is 6.92 Å². The van der Waals surface area contributed by atoms with E-state index in [1.807, 2.05) is 62.3 Å². The summed E-state index contributed by atoms with van der Waals surface area (Å²) in [5.74, 6) is -0.470. The zero-order valence-electron chi connectivity index (χ0n) is 17.7. The van der Waals surface area contributed by atoms with E-state index in [4.69, 9.17) is 4.74 Å². The standard InChI is InChI=1S/C22H28N4O3/c1-14-8-9-16-17(12-14)26(21(28)24-10-6-7-11-24)15(2)19-18(23-13-25(16)19)20(27)29-22(3,4)5/h8-9,12-13,15H,6-7,10-11H2,1-5H3/t15-/m0/s1. The molecule has 0 saturated carbocycles. The summed E-state index contributed by atoms with van der Waals surface area (Å²) >= 11 is 0. The van der Waals surface area contributed by atoms with Crippen LogP contribution in [0.5, 0.6) is 0 Å². The van der Waals surface area contributed by atoms with Crippen LogP contribution >= 0.6 is 0 Å². The average Bonchev–Trinajstić information content (AvgIpc) is 3.30. The van der Waals surface area contributed by atoms with Crippen molar-refractivity contribution in [2.45, 2.75) is 59.1 Å². The lowest BCUT2D eigenvalue weighted by Crippen LogP contribution is -2.46. The molecule has 1 saturated heterocycles. The zero-order valence-corrected chi connectivity index (χ0v) is 17.7. The molecule has 0 unspecified atom stereocenters. The van der Waals surface area contributed by atoms with E-state index < -0.39 is 11.6 Å². The molecule has 154 valence electrons. The van der Waals surface area contributed by atoms with Gasteiger partial charge in [-0.05, 0) is 65.2 Å². The smallest absolute Gasteiger partial charge is 0.359 e. The van der Waals surface area contributed by atoms with E-state index in [-0.39, 0.29) is 17.8 Å². The van der Waals surface area contributed by atoms with Crippen molar-refractivity contribution in [3.05, 3.63) is 41.5 Å². The number of benzene rings is 1. The van der Waals surface area contributed by atoms with Gasteiger partial charge in [-0.3, -0.25) is 9.47 Å². The van der Waals surface area contributed by atoms with Crippen LogP contribution < -0.4 is 4.90 Å². The van der Waals surface area contributed by atoms with Crippen LogP contribution in [0.1, 0.15) is 68.3 Å². The maximum absolute atomic E-state index is 13.4. The molecule has 1 aromatic heterocycles. The Hall–Kier alpha value is -2.83. The summed E-state index contributed by atoms with van der Waals surface area (Å²) in [5.41, 5.74) is 3.09. The van der Waals surface area contributed by atoms with Gasteiger partial charge in [-0.15, -0.1) is 0 Å². The minimum atomic E-state index is -0.619. The van der Waals surface area contributed by atoms with Gasteiger partial charge < -0.3 is 9.64 Å². The highest BCUT2D eigenvalue weighted by molar-refractivity contribution is 5.98. The number of carbonyl (C=O) groups is 2. The molecule has 2 aromatic rings. The maximum Gasteiger partial charge on any atom is 0.359 e. The van der Waals surface area contributed by atoms with Gasteiger partial charge in [-0.1, -0.05) is 6.07 Å². The molecule has 2 aliphatic heterocycles.